The number of amides is 1. The second-order valence-corrected chi connectivity index (χ2v) is 6.65. The van der Waals surface area contributed by atoms with Crippen molar-refractivity contribution in [3.63, 3.8) is 0 Å². The molecule has 0 bridgehead atoms. The third-order valence-corrected chi connectivity index (χ3v) is 4.88. The number of hydrogen-bond donors (Lipinski definition) is 1. The van der Waals surface area contributed by atoms with Crippen LogP contribution >= 0.6 is 23.2 Å². The Morgan fingerprint density at radius 2 is 2.25 bits per heavy atom. The number of aromatic nitrogens is 2. The van der Waals surface area contributed by atoms with Crippen LogP contribution in [0.1, 0.15) is 30.1 Å². The van der Waals surface area contributed by atoms with Gasteiger partial charge >= 0.3 is 0 Å². The first-order chi connectivity index (χ1) is 11.6. The zero-order valence-corrected chi connectivity index (χ0v) is 14.7. The van der Waals surface area contributed by atoms with E-state index in [1.54, 1.807) is 18.3 Å². The molecule has 1 fully saturated rings. The molecule has 0 saturated carbocycles. The van der Waals surface area contributed by atoms with Gasteiger partial charge in [-0.2, -0.15) is 5.10 Å². The summed E-state index contributed by atoms with van der Waals surface area (Å²) >= 11 is 12.0. The number of aromatic amines is 1. The summed E-state index contributed by atoms with van der Waals surface area (Å²) in [6, 6.07) is 5.46. The number of halogens is 2. The van der Waals surface area contributed by atoms with E-state index in [4.69, 9.17) is 27.9 Å². The lowest BCUT2D eigenvalue weighted by Crippen LogP contribution is -2.42. The number of benzene rings is 1. The Balaban J connectivity index is 1.54. The fourth-order valence-electron chi connectivity index (χ4n) is 2.81. The first kappa shape index (κ1) is 17.3. The number of hydrogen-bond acceptors (Lipinski definition) is 3. The molecule has 0 spiro atoms. The highest BCUT2D eigenvalue weighted by atomic mass is 35.5. The Morgan fingerprint density at radius 3 is 3.00 bits per heavy atom. The van der Waals surface area contributed by atoms with Crippen molar-refractivity contribution in [1.82, 2.24) is 15.1 Å². The number of nitrogens with one attached hydrogen (secondary N) is 1. The van der Waals surface area contributed by atoms with E-state index in [1.165, 1.54) is 0 Å². The molecule has 1 amide bonds. The van der Waals surface area contributed by atoms with Crippen LogP contribution in [0.25, 0.3) is 0 Å². The highest BCUT2D eigenvalue weighted by Crippen LogP contribution is 2.29. The van der Waals surface area contributed by atoms with Crippen LogP contribution in [0.3, 0.4) is 0 Å². The molecule has 128 valence electrons. The zero-order chi connectivity index (χ0) is 16.9. The molecular weight excluding hydrogens is 349 g/mol. The molecule has 24 heavy (non-hydrogen) atoms. The van der Waals surface area contributed by atoms with Gasteiger partial charge in [0.15, 0.2) is 0 Å². The van der Waals surface area contributed by atoms with Gasteiger partial charge in [0, 0.05) is 19.2 Å². The standard InChI is InChI=1S/C17H19Cl2N3O2/c18-14-5-4-13(8-15(14)19)16-11-22(6-7-24-16)17(23)3-1-2-12-9-20-21-10-12/h4-5,8-10,16H,1-3,6-7,11H2,(H,20,21). The SMILES string of the molecule is O=C(CCCc1cn[nH]c1)N1CCOC(c2ccc(Cl)c(Cl)c2)C1. The Hall–Kier alpha value is -1.56. The Morgan fingerprint density at radius 1 is 1.38 bits per heavy atom. The molecule has 1 aliphatic heterocycles. The van der Waals surface area contributed by atoms with Gasteiger partial charge in [0.25, 0.3) is 0 Å². The van der Waals surface area contributed by atoms with Crippen LogP contribution in [-0.4, -0.2) is 40.7 Å². The first-order valence-electron chi connectivity index (χ1n) is 7.95. The quantitative estimate of drug-likeness (QED) is 0.877. The van der Waals surface area contributed by atoms with Crippen molar-refractivity contribution < 1.29 is 9.53 Å². The molecule has 2 aromatic rings. The molecule has 1 saturated heterocycles. The maximum Gasteiger partial charge on any atom is 0.222 e. The average molecular weight is 368 g/mol. The first-order valence-corrected chi connectivity index (χ1v) is 8.71. The molecule has 1 unspecified atom stereocenters. The van der Waals surface area contributed by atoms with E-state index in [-0.39, 0.29) is 12.0 Å². The number of rotatable bonds is 5. The van der Waals surface area contributed by atoms with Crippen LogP contribution in [0.15, 0.2) is 30.6 Å². The van der Waals surface area contributed by atoms with Crippen LogP contribution in [-0.2, 0) is 16.0 Å². The summed E-state index contributed by atoms with van der Waals surface area (Å²) in [5.74, 6) is 0.159. The number of nitrogens with zero attached hydrogens (tertiary/aromatic N) is 2. The average Bonchev–Trinajstić information content (AvgIpc) is 3.11. The largest absolute Gasteiger partial charge is 0.370 e. The normalized spacial score (nSPS) is 17.9. The Kier molecular flexibility index (Phi) is 5.76. The molecule has 0 radical (unpaired) electrons. The van der Waals surface area contributed by atoms with Gasteiger partial charge in [-0.25, -0.2) is 0 Å². The number of ether oxygens (including phenoxy) is 1. The van der Waals surface area contributed by atoms with E-state index in [2.05, 4.69) is 10.2 Å². The van der Waals surface area contributed by atoms with Gasteiger partial charge in [-0.05, 0) is 36.1 Å². The third-order valence-electron chi connectivity index (χ3n) is 4.15. The third kappa shape index (κ3) is 4.29. The molecular formula is C17H19Cl2N3O2. The maximum absolute atomic E-state index is 12.4. The van der Waals surface area contributed by atoms with Crippen LogP contribution in [0.5, 0.6) is 0 Å². The van der Waals surface area contributed by atoms with Crippen LogP contribution < -0.4 is 0 Å². The summed E-state index contributed by atoms with van der Waals surface area (Å²) < 4.78 is 5.79. The van der Waals surface area contributed by atoms with Crippen molar-refractivity contribution in [2.75, 3.05) is 19.7 Å². The molecule has 1 aromatic heterocycles. The summed E-state index contributed by atoms with van der Waals surface area (Å²) in [7, 11) is 0. The molecule has 7 heteroatoms. The van der Waals surface area contributed by atoms with Gasteiger partial charge in [-0.15, -0.1) is 0 Å². The number of morpholine rings is 1. The van der Waals surface area contributed by atoms with Crippen molar-refractivity contribution in [1.29, 1.82) is 0 Å². The summed E-state index contributed by atoms with van der Waals surface area (Å²) in [6.07, 6.45) is 5.68. The zero-order valence-electron chi connectivity index (χ0n) is 13.2. The van der Waals surface area contributed by atoms with E-state index in [0.29, 0.717) is 36.2 Å². The number of aryl methyl sites for hydroxylation is 1. The van der Waals surface area contributed by atoms with Crippen molar-refractivity contribution in [2.24, 2.45) is 0 Å². The molecule has 3 rings (SSSR count). The maximum atomic E-state index is 12.4. The van der Waals surface area contributed by atoms with Crippen LogP contribution in [0.2, 0.25) is 10.0 Å². The van der Waals surface area contributed by atoms with E-state index in [9.17, 15) is 4.79 Å². The fourth-order valence-corrected chi connectivity index (χ4v) is 3.11. The number of carbonyl (C=O) groups is 1. The molecule has 1 aromatic carbocycles. The molecule has 1 N–H and O–H groups in total. The highest BCUT2D eigenvalue weighted by molar-refractivity contribution is 6.42. The topological polar surface area (TPSA) is 58.2 Å². The lowest BCUT2D eigenvalue weighted by atomic mass is 10.1. The fraction of sp³-hybridized carbons (Fsp3) is 0.412. The van der Waals surface area contributed by atoms with Crippen molar-refractivity contribution in [3.05, 3.63) is 51.8 Å². The van der Waals surface area contributed by atoms with Crippen LogP contribution in [0, 0.1) is 0 Å². The Bertz CT molecular complexity index is 691. The van der Waals surface area contributed by atoms with E-state index in [1.807, 2.05) is 17.2 Å². The molecule has 0 aliphatic carbocycles. The lowest BCUT2D eigenvalue weighted by Gasteiger charge is -2.33. The summed E-state index contributed by atoms with van der Waals surface area (Å²) in [4.78, 5) is 14.3. The van der Waals surface area contributed by atoms with Crippen LogP contribution in [0.4, 0.5) is 0 Å². The van der Waals surface area contributed by atoms with Gasteiger partial charge in [-0.3, -0.25) is 9.89 Å². The summed E-state index contributed by atoms with van der Waals surface area (Å²) in [5, 5.41) is 7.71. The Labute approximate surface area is 150 Å². The minimum absolute atomic E-state index is 0.159. The summed E-state index contributed by atoms with van der Waals surface area (Å²) in [5.41, 5.74) is 2.07. The minimum atomic E-state index is -0.161. The van der Waals surface area contributed by atoms with Crippen molar-refractivity contribution in [2.45, 2.75) is 25.4 Å². The van der Waals surface area contributed by atoms with E-state index >= 15 is 0 Å². The second-order valence-electron chi connectivity index (χ2n) is 5.83. The molecule has 1 aliphatic rings. The van der Waals surface area contributed by atoms with Crippen molar-refractivity contribution in [3.8, 4) is 0 Å². The second kappa shape index (κ2) is 8.01. The van der Waals surface area contributed by atoms with Gasteiger partial charge in [0.2, 0.25) is 5.91 Å². The smallest absolute Gasteiger partial charge is 0.222 e. The predicted molar refractivity (Wildman–Crippen MR) is 93.3 cm³/mol. The molecule has 2 heterocycles. The minimum Gasteiger partial charge on any atom is -0.370 e. The van der Waals surface area contributed by atoms with E-state index in [0.717, 1.165) is 24.0 Å². The van der Waals surface area contributed by atoms with Crippen molar-refractivity contribution >= 4 is 29.1 Å². The molecule has 1 atom stereocenters. The van der Waals surface area contributed by atoms with Gasteiger partial charge in [0.1, 0.15) is 6.10 Å². The molecule has 5 nitrogen and oxygen atoms in total. The summed E-state index contributed by atoms with van der Waals surface area (Å²) in [6.45, 7) is 1.70. The predicted octanol–water partition coefficient (Wildman–Crippen LogP) is 3.64. The number of H-pyrrole nitrogens is 1. The van der Waals surface area contributed by atoms with Gasteiger partial charge in [0.05, 0.1) is 29.4 Å². The monoisotopic (exact) mass is 367 g/mol. The van der Waals surface area contributed by atoms with Gasteiger partial charge in [-0.1, -0.05) is 29.3 Å². The lowest BCUT2D eigenvalue weighted by molar-refractivity contribution is -0.139. The highest BCUT2D eigenvalue weighted by Gasteiger charge is 2.25. The number of carbonyl (C=O) groups excluding carboxylic acids is 1. The van der Waals surface area contributed by atoms with Gasteiger partial charge < -0.3 is 9.64 Å². The van der Waals surface area contributed by atoms with E-state index < -0.39 is 0 Å².